The maximum atomic E-state index is 5.76. The van der Waals surface area contributed by atoms with Gasteiger partial charge in [-0.15, -0.1) is 0 Å². The molecule has 1 aromatic rings. The molecule has 0 saturated heterocycles. The molecule has 4 nitrogen and oxygen atoms in total. The lowest BCUT2D eigenvalue weighted by Crippen LogP contribution is -2.30. The fourth-order valence-electron chi connectivity index (χ4n) is 3.91. The van der Waals surface area contributed by atoms with Crippen LogP contribution < -0.4 is 11.1 Å². The molecule has 2 aliphatic carbocycles. The smallest absolute Gasteiger partial charge is 0.132 e. The number of fused-ring (bicyclic) bond motifs is 2. The Morgan fingerprint density at radius 1 is 1.33 bits per heavy atom. The number of nitrogens with one attached hydrogen (secondary N) is 1. The molecule has 3 rings (SSSR count). The summed E-state index contributed by atoms with van der Waals surface area (Å²) in [7, 11) is 0. The number of nitrogen functional groups attached to an aromatic ring is 1. The lowest BCUT2D eigenvalue weighted by Gasteiger charge is -2.29. The SMILES string of the molecule is Cc1nc(N)cc(NC(C)C2CC3CCC2C3)n1. The Balaban J connectivity index is 1.68. The Morgan fingerprint density at radius 3 is 2.78 bits per heavy atom. The van der Waals surface area contributed by atoms with Crippen molar-refractivity contribution in [3.63, 3.8) is 0 Å². The van der Waals surface area contributed by atoms with Crippen LogP contribution in [0.15, 0.2) is 6.07 Å². The van der Waals surface area contributed by atoms with Gasteiger partial charge in [-0.1, -0.05) is 6.42 Å². The van der Waals surface area contributed by atoms with Crippen molar-refractivity contribution in [2.24, 2.45) is 17.8 Å². The highest BCUT2D eigenvalue weighted by Crippen LogP contribution is 2.49. The number of aryl methyl sites for hydroxylation is 1. The molecule has 1 aromatic heterocycles. The van der Waals surface area contributed by atoms with Crippen LogP contribution in [0.3, 0.4) is 0 Å². The van der Waals surface area contributed by atoms with Crippen LogP contribution in [0.2, 0.25) is 0 Å². The van der Waals surface area contributed by atoms with Gasteiger partial charge in [-0.05, 0) is 50.9 Å². The van der Waals surface area contributed by atoms with E-state index in [2.05, 4.69) is 22.2 Å². The molecule has 2 bridgehead atoms. The summed E-state index contributed by atoms with van der Waals surface area (Å²) in [6.45, 7) is 4.16. The van der Waals surface area contributed by atoms with Crippen LogP contribution in [-0.4, -0.2) is 16.0 Å². The van der Waals surface area contributed by atoms with E-state index in [1.165, 1.54) is 25.7 Å². The third-order valence-electron chi connectivity index (χ3n) is 4.67. The van der Waals surface area contributed by atoms with Crippen molar-refractivity contribution >= 4 is 11.6 Å². The summed E-state index contributed by atoms with van der Waals surface area (Å²) < 4.78 is 0. The van der Waals surface area contributed by atoms with Crippen molar-refractivity contribution in [3.8, 4) is 0 Å². The van der Waals surface area contributed by atoms with E-state index < -0.39 is 0 Å². The van der Waals surface area contributed by atoms with Crippen molar-refractivity contribution in [1.82, 2.24) is 9.97 Å². The maximum absolute atomic E-state index is 5.76. The largest absolute Gasteiger partial charge is 0.384 e. The number of anilines is 2. The first kappa shape index (κ1) is 11.8. The van der Waals surface area contributed by atoms with Crippen molar-refractivity contribution in [3.05, 3.63) is 11.9 Å². The number of nitrogens with two attached hydrogens (primary N) is 1. The van der Waals surface area contributed by atoms with Gasteiger partial charge in [0.2, 0.25) is 0 Å². The van der Waals surface area contributed by atoms with Crippen molar-refractivity contribution < 1.29 is 0 Å². The van der Waals surface area contributed by atoms with Gasteiger partial charge in [-0.2, -0.15) is 0 Å². The van der Waals surface area contributed by atoms with Crippen LogP contribution in [-0.2, 0) is 0 Å². The second kappa shape index (κ2) is 4.41. The molecule has 4 heteroatoms. The third kappa shape index (κ3) is 2.16. The zero-order valence-electron chi connectivity index (χ0n) is 11.2. The van der Waals surface area contributed by atoms with E-state index in [1.54, 1.807) is 0 Å². The van der Waals surface area contributed by atoms with Gasteiger partial charge in [0.15, 0.2) is 0 Å². The lowest BCUT2D eigenvalue weighted by atomic mass is 9.84. The second-order valence-electron chi connectivity index (χ2n) is 6.00. The lowest BCUT2D eigenvalue weighted by molar-refractivity contribution is 0.304. The highest BCUT2D eigenvalue weighted by Gasteiger charge is 2.41. The number of aromatic nitrogens is 2. The first-order chi connectivity index (χ1) is 8.61. The van der Waals surface area contributed by atoms with E-state index in [4.69, 9.17) is 5.73 Å². The first-order valence-corrected chi connectivity index (χ1v) is 6.99. The molecule has 4 unspecified atom stereocenters. The topological polar surface area (TPSA) is 63.8 Å². The summed E-state index contributed by atoms with van der Waals surface area (Å²) in [5.74, 6) is 4.87. The summed E-state index contributed by atoms with van der Waals surface area (Å²) in [5, 5.41) is 3.52. The van der Waals surface area contributed by atoms with Gasteiger partial charge in [0.1, 0.15) is 17.5 Å². The van der Waals surface area contributed by atoms with Gasteiger partial charge >= 0.3 is 0 Å². The number of hydrogen-bond donors (Lipinski definition) is 2. The molecular formula is C14H22N4. The first-order valence-electron chi connectivity index (χ1n) is 6.99. The van der Waals surface area contributed by atoms with Gasteiger partial charge in [-0.25, -0.2) is 9.97 Å². The molecule has 1 heterocycles. The van der Waals surface area contributed by atoms with Crippen LogP contribution in [0.5, 0.6) is 0 Å². The molecule has 2 fully saturated rings. The number of rotatable bonds is 3. The summed E-state index contributed by atoms with van der Waals surface area (Å²) in [4.78, 5) is 8.51. The molecule has 2 saturated carbocycles. The van der Waals surface area contributed by atoms with Crippen molar-refractivity contribution in [2.75, 3.05) is 11.1 Å². The van der Waals surface area contributed by atoms with Crippen molar-refractivity contribution in [1.29, 1.82) is 0 Å². The molecule has 98 valence electrons. The Morgan fingerprint density at radius 2 is 2.17 bits per heavy atom. The Kier molecular flexibility index (Phi) is 2.88. The molecule has 0 spiro atoms. The summed E-state index contributed by atoms with van der Waals surface area (Å²) in [6, 6.07) is 2.31. The molecule has 0 aliphatic heterocycles. The second-order valence-corrected chi connectivity index (χ2v) is 6.00. The molecular weight excluding hydrogens is 224 g/mol. The van der Waals surface area contributed by atoms with E-state index in [-0.39, 0.29) is 0 Å². The van der Waals surface area contributed by atoms with Gasteiger partial charge in [0.25, 0.3) is 0 Å². The van der Waals surface area contributed by atoms with E-state index in [0.717, 1.165) is 29.4 Å². The van der Waals surface area contributed by atoms with Gasteiger partial charge in [0.05, 0.1) is 0 Å². The fourth-order valence-corrected chi connectivity index (χ4v) is 3.91. The minimum Gasteiger partial charge on any atom is -0.384 e. The van der Waals surface area contributed by atoms with Crippen LogP contribution in [0, 0.1) is 24.7 Å². The number of nitrogens with zero attached hydrogens (tertiary/aromatic N) is 2. The Labute approximate surface area is 108 Å². The zero-order valence-corrected chi connectivity index (χ0v) is 11.2. The summed E-state index contributed by atoms with van der Waals surface area (Å²) >= 11 is 0. The van der Waals surface area contributed by atoms with Crippen LogP contribution in [0.1, 0.15) is 38.4 Å². The fraction of sp³-hybridized carbons (Fsp3) is 0.714. The van der Waals surface area contributed by atoms with Crippen LogP contribution in [0.25, 0.3) is 0 Å². The highest BCUT2D eigenvalue weighted by molar-refractivity contribution is 5.45. The molecule has 0 radical (unpaired) electrons. The summed E-state index contributed by atoms with van der Waals surface area (Å²) in [5.41, 5.74) is 5.76. The molecule has 2 aliphatic rings. The number of hydrogen-bond acceptors (Lipinski definition) is 4. The van der Waals surface area contributed by atoms with E-state index in [1.807, 2.05) is 13.0 Å². The minimum absolute atomic E-state index is 0.481. The average molecular weight is 246 g/mol. The molecule has 0 aromatic carbocycles. The van der Waals surface area contributed by atoms with Crippen LogP contribution >= 0.6 is 0 Å². The average Bonchev–Trinajstić information content (AvgIpc) is 2.88. The third-order valence-corrected chi connectivity index (χ3v) is 4.67. The Hall–Kier alpha value is -1.32. The quantitative estimate of drug-likeness (QED) is 0.860. The van der Waals surface area contributed by atoms with E-state index in [9.17, 15) is 0 Å². The predicted molar refractivity (Wildman–Crippen MR) is 73.2 cm³/mol. The van der Waals surface area contributed by atoms with E-state index >= 15 is 0 Å². The van der Waals surface area contributed by atoms with Gasteiger partial charge < -0.3 is 11.1 Å². The van der Waals surface area contributed by atoms with Crippen LogP contribution in [0.4, 0.5) is 11.6 Å². The zero-order chi connectivity index (χ0) is 12.7. The molecule has 3 N–H and O–H groups in total. The molecule has 4 atom stereocenters. The normalized spacial score (nSPS) is 31.6. The van der Waals surface area contributed by atoms with E-state index in [0.29, 0.717) is 11.9 Å². The standard InChI is InChI=1S/C14H22N4/c1-8(12-6-10-3-4-11(12)5-10)16-14-7-13(15)17-9(2)18-14/h7-8,10-12H,3-6H2,1-2H3,(H3,15,16,17,18). The van der Waals surface area contributed by atoms with Gasteiger partial charge in [-0.3, -0.25) is 0 Å². The predicted octanol–water partition coefficient (Wildman–Crippen LogP) is 2.60. The van der Waals surface area contributed by atoms with Crippen molar-refractivity contribution in [2.45, 2.75) is 45.6 Å². The molecule has 0 amide bonds. The highest BCUT2D eigenvalue weighted by atomic mass is 15.1. The molecule has 18 heavy (non-hydrogen) atoms. The summed E-state index contributed by atoms with van der Waals surface area (Å²) in [6.07, 6.45) is 5.71. The monoisotopic (exact) mass is 246 g/mol. The Bertz CT molecular complexity index is 425. The maximum Gasteiger partial charge on any atom is 0.132 e. The van der Waals surface area contributed by atoms with Gasteiger partial charge in [0, 0.05) is 12.1 Å². The minimum atomic E-state index is 0.481.